The maximum Gasteiger partial charge on any atom is 0.338 e. The van der Waals surface area contributed by atoms with Gasteiger partial charge in [0.2, 0.25) is 0 Å². The molecule has 1 amide bonds. The molecule has 8 heteroatoms. The van der Waals surface area contributed by atoms with Crippen LogP contribution in [0.4, 0.5) is 17.1 Å². The number of ether oxygens (including phenoxy) is 1. The van der Waals surface area contributed by atoms with Crippen LogP contribution in [-0.2, 0) is 9.53 Å². The fourth-order valence-corrected chi connectivity index (χ4v) is 2.17. The summed E-state index contributed by atoms with van der Waals surface area (Å²) in [5.74, 6) is -1.31. The lowest BCUT2D eigenvalue weighted by molar-refractivity contribution is -0.383. The summed E-state index contributed by atoms with van der Waals surface area (Å²) in [6.07, 6.45) is -1.12. The molecule has 2 rings (SSSR count). The number of hydrogen-bond acceptors (Lipinski definition) is 6. The minimum atomic E-state index is -1.12. The van der Waals surface area contributed by atoms with Crippen LogP contribution in [0.1, 0.15) is 17.3 Å². The number of para-hydroxylation sites is 2. The van der Waals surface area contributed by atoms with Gasteiger partial charge in [0.25, 0.3) is 11.6 Å². The third kappa shape index (κ3) is 4.56. The second-order valence-corrected chi connectivity index (χ2v) is 5.76. The Morgan fingerprint density at radius 1 is 1.15 bits per heavy atom. The van der Waals surface area contributed by atoms with Crippen molar-refractivity contribution in [3.63, 3.8) is 0 Å². The molecular formula is C18H19N3O5. The third-order valence-corrected chi connectivity index (χ3v) is 3.61. The van der Waals surface area contributed by atoms with E-state index in [1.54, 1.807) is 24.3 Å². The molecule has 0 aliphatic carbocycles. The quantitative estimate of drug-likeness (QED) is 0.484. The number of carbonyl (C=O) groups is 2. The van der Waals surface area contributed by atoms with Gasteiger partial charge in [0.05, 0.1) is 10.5 Å². The molecule has 0 spiro atoms. The van der Waals surface area contributed by atoms with Gasteiger partial charge in [-0.2, -0.15) is 0 Å². The lowest BCUT2D eigenvalue weighted by Gasteiger charge is -2.15. The number of hydrogen-bond donors (Lipinski definition) is 1. The van der Waals surface area contributed by atoms with Crippen LogP contribution < -0.4 is 10.2 Å². The van der Waals surface area contributed by atoms with Crippen LogP contribution in [0.5, 0.6) is 0 Å². The van der Waals surface area contributed by atoms with E-state index in [0.717, 1.165) is 5.69 Å². The van der Waals surface area contributed by atoms with Crippen molar-refractivity contribution >= 4 is 28.9 Å². The highest BCUT2D eigenvalue weighted by atomic mass is 16.6. The van der Waals surface area contributed by atoms with Crippen LogP contribution in [-0.4, -0.2) is 37.0 Å². The SMILES string of the molecule is C[C@H](OC(=O)c1cccc(N(C)C)c1)C(=O)Nc1ccccc1[N+](=O)[O-]. The van der Waals surface area contributed by atoms with E-state index in [1.807, 2.05) is 25.1 Å². The van der Waals surface area contributed by atoms with Crippen molar-refractivity contribution < 1.29 is 19.2 Å². The molecule has 0 heterocycles. The Hall–Kier alpha value is -3.42. The van der Waals surface area contributed by atoms with E-state index in [1.165, 1.54) is 25.1 Å². The number of esters is 1. The molecule has 136 valence electrons. The van der Waals surface area contributed by atoms with Crippen LogP contribution in [0.2, 0.25) is 0 Å². The second kappa shape index (κ2) is 8.11. The molecular weight excluding hydrogens is 338 g/mol. The maximum absolute atomic E-state index is 12.2. The first-order chi connectivity index (χ1) is 12.3. The van der Waals surface area contributed by atoms with Crippen molar-refractivity contribution in [2.24, 2.45) is 0 Å². The van der Waals surface area contributed by atoms with E-state index in [-0.39, 0.29) is 11.4 Å². The second-order valence-electron chi connectivity index (χ2n) is 5.76. The number of benzene rings is 2. The highest BCUT2D eigenvalue weighted by molar-refractivity contribution is 5.98. The van der Waals surface area contributed by atoms with Crippen molar-refractivity contribution in [1.82, 2.24) is 0 Å². The summed E-state index contributed by atoms with van der Waals surface area (Å²) in [4.78, 5) is 36.7. The van der Waals surface area contributed by atoms with Crippen molar-refractivity contribution in [3.8, 4) is 0 Å². The molecule has 0 aliphatic heterocycles. The summed E-state index contributed by atoms with van der Waals surface area (Å²) >= 11 is 0. The average molecular weight is 357 g/mol. The molecule has 8 nitrogen and oxygen atoms in total. The number of nitrogens with one attached hydrogen (secondary N) is 1. The van der Waals surface area contributed by atoms with Gasteiger partial charge >= 0.3 is 5.97 Å². The fourth-order valence-electron chi connectivity index (χ4n) is 2.17. The van der Waals surface area contributed by atoms with Crippen LogP contribution in [0.15, 0.2) is 48.5 Å². The first-order valence-electron chi connectivity index (χ1n) is 7.82. The predicted molar refractivity (Wildman–Crippen MR) is 97.4 cm³/mol. The third-order valence-electron chi connectivity index (χ3n) is 3.61. The van der Waals surface area contributed by atoms with Gasteiger partial charge in [-0.1, -0.05) is 18.2 Å². The van der Waals surface area contributed by atoms with Gasteiger partial charge < -0.3 is 15.0 Å². The molecule has 0 bridgehead atoms. The van der Waals surface area contributed by atoms with Crippen molar-refractivity contribution in [2.45, 2.75) is 13.0 Å². The Labute approximate surface area is 150 Å². The van der Waals surface area contributed by atoms with E-state index in [2.05, 4.69) is 5.32 Å². The molecule has 0 saturated heterocycles. The molecule has 26 heavy (non-hydrogen) atoms. The van der Waals surface area contributed by atoms with Gasteiger partial charge in [-0.25, -0.2) is 4.79 Å². The van der Waals surface area contributed by atoms with Crippen molar-refractivity contribution in [2.75, 3.05) is 24.3 Å². The average Bonchev–Trinajstić information content (AvgIpc) is 2.61. The molecule has 0 radical (unpaired) electrons. The molecule has 0 aromatic heterocycles. The molecule has 0 aliphatic rings. The standard InChI is InChI=1S/C18H19N3O5/c1-12(17(22)19-15-9-4-5-10-16(15)21(24)25)26-18(23)13-7-6-8-14(11-13)20(2)3/h4-12H,1-3H3,(H,19,22)/t12-/m0/s1. The van der Waals surface area contributed by atoms with Gasteiger partial charge in [0.1, 0.15) is 5.69 Å². The number of carbonyl (C=O) groups excluding carboxylic acids is 2. The van der Waals surface area contributed by atoms with Gasteiger partial charge in [-0.3, -0.25) is 14.9 Å². The van der Waals surface area contributed by atoms with E-state index >= 15 is 0 Å². The fraction of sp³-hybridized carbons (Fsp3) is 0.222. The molecule has 1 N–H and O–H groups in total. The molecule has 0 unspecified atom stereocenters. The van der Waals surface area contributed by atoms with Crippen LogP contribution in [0.25, 0.3) is 0 Å². The van der Waals surface area contributed by atoms with Crippen LogP contribution in [0, 0.1) is 10.1 Å². The first kappa shape index (κ1) is 18.9. The zero-order chi connectivity index (χ0) is 19.3. The zero-order valence-electron chi connectivity index (χ0n) is 14.6. The van der Waals surface area contributed by atoms with Crippen molar-refractivity contribution in [1.29, 1.82) is 0 Å². The van der Waals surface area contributed by atoms with E-state index < -0.39 is 22.9 Å². The Bertz CT molecular complexity index is 835. The summed E-state index contributed by atoms with van der Waals surface area (Å²) < 4.78 is 5.17. The number of nitro groups is 1. The Kier molecular flexibility index (Phi) is 5.90. The Morgan fingerprint density at radius 2 is 1.85 bits per heavy atom. The Balaban J connectivity index is 2.06. The molecule has 2 aromatic rings. The summed E-state index contributed by atoms with van der Waals surface area (Å²) in [7, 11) is 3.68. The summed E-state index contributed by atoms with van der Waals surface area (Å²) in [6, 6.07) is 12.5. The molecule has 0 fully saturated rings. The van der Waals surface area contributed by atoms with Crippen molar-refractivity contribution in [3.05, 3.63) is 64.2 Å². The smallest absolute Gasteiger partial charge is 0.338 e. The number of nitrogens with zero attached hydrogens (tertiary/aromatic N) is 2. The lowest BCUT2D eigenvalue weighted by atomic mass is 10.2. The van der Waals surface area contributed by atoms with Gasteiger partial charge in [-0.05, 0) is 31.2 Å². The van der Waals surface area contributed by atoms with Gasteiger partial charge in [-0.15, -0.1) is 0 Å². The zero-order valence-corrected chi connectivity index (χ0v) is 14.6. The number of amides is 1. The van der Waals surface area contributed by atoms with Gasteiger partial charge in [0, 0.05) is 25.8 Å². The van der Waals surface area contributed by atoms with E-state index in [9.17, 15) is 19.7 Å². The highest BCUT2D eigenvalue weighted by Crippen LogP contribution is 2.23. The minimum Gasteiger partial charge on any atom is -0.449 e. The van der Waals surface area contributed by atoms with Crippen LogP contribution in [0.3, 0.4) is 0 Å². The number of nitro benzene ring substituents is 1. The van der Waals surface area contributed by atoms with E-state index in [4.69, 9.17) is 4.74 Å². The summed E-state index contributed by atoms with van der Waals surface area (Å²) in [5.41, 5.74) is 0.927. The van der Waals surface area contributed by atoms with E-state index in [0.29, 0.717) is 5.56 Å². The summed E-state index contributed by atoms with van der Waals surface area (Å²) in [6.45, 7) is 1.40. The molecule has 2 aromatic carbocycles. The number of rotatable bonds is 6. The van der Waals surface area contributed by atoms with Crippen LogP contribution >= 0.6 is 0 Å². The van der Waals surface area contributed by atoms with Gasteiger partial charge in [0.15, 0.2) is 6.10 Å². The maximum atomic E-state index is 12.2. The predicted octanol–water partition coefficient (Wildman–Crippen LogP) is 2.84. The largest absolute Gasteiger partial charge is 0.449 e. The molecule has 1 atom stereocenters. The lowest BCUT2D eigenvalue weighted by Crippen LogP contribution is -2.30. The normalized spacial score (nSPS) is 11.3. The first-order valence-corrected chi connectivity index (χ1v) is 7.82. The number of anilines is 2. The topological polar surface area (TPSA) is 102 Å². The minimum absolute atomic E-state index is 0.0417. The monoisotopic (exact) mass is 357 g/mol. The Morgan fingerprint density at radius 3 is 2.50 bits per heavy atom. The molecule has 0 saturated carbocycles. The summed E-state index contributed by atoms with van der Waals surface area (Å²) in [5, 5.41) is 13.4. The highest BCUT2D eigenvalue weighted by Gasteiger charge is 2.22.